The second-order valence-corrected chi connectivity index (χ2v) is 5.21. The van der Waals surface area contributed by atoms with Crippen molar-refractivity contribution in [1.82, 2.24) is 0 Å². The molecule has 0 fully saturated rings. The second kappa shape index (κ2) is 9.04. The molecule has 0 aromatic heterocycles. The monoisotopic (exact) mass is 232 g/mol. The van der Waals surface area contributed by atoms with Crippen LogP contribution in [0.25, 0.3) is 0 Å². The van der Waals surface area contributed by atoms with E-state index in [1.165, 1.54) is 11.1 Å². The molecule has 0 amide bonds. The van der Waals surface area contributed by atoms with E-state index in [-0.39, 0.29) is 0 Å². The highest BCUT2D eigenvalue weighted by molar-refractivity contribution is 5.20. The van der Waals surface area contributed by atoms with E-state index < -0.39 is 0 Å². The van der Waals surface area contributed by atoms with Crippen LogP contribution < -0.4 is 0 Å². The Balaban J connectivity index is 0.000000304. The van der Waals surface area contributed by atoms with Gasteiger partial charge in [0.05, 0.1) is 0 Å². The van der Waals surface area contributed by atoms with E-state index in [2.05, 4.69) is 78.0 Å². The summed E-state index contributed by atoms with van der Waals surface area (Å²) in [5.74, 6) is 1.41. The van der Waals surface area contributed by atoms with Crippen molar-refractivity contribution in [2.75, 3.05) is 0 Å². The maximum absolute atomic E-state index is 2.24. The van der Waals surface area contributed by atoms with Crippen molar-refractivity contribution >= 4 is 0 Å². The SMILES string of the molecule is CC(C)C=CC(C)C.CCc1ccc(C)cc1. The van der Waals surface area contributed by atoms with Gasteiger partial charge in [0.1, 0.15) is 0 Å². The quantitative estimate of drug-likeness (QED) is 0.611. The number of benzene rings is 1. The Bertz CT molecular complexity index is 291. The summed E-state index contributed by atoms with van der Waals surface area (Å²) in [4.78, 5) is 0. The third-order valence-electron chi connectivity index (χ3n) is 2.41. The molecule has 17 heavy (non-hydrogen) atoms. The lowest BCUT2D eigenvalue weighted by Crippen LogP contribution is -1.81. The van der Waals surface area contributed by atoms with Crippen LogP contribution in [0.4, 0.5) is 0 Å². The van der Waals surface area contributed by atoms with Gasteiger partial charge in [0.15, 0.2) is 0 Å². The Kier molecular flexibility index (Phi) is 8.49. The molecule has 0 aliphatic carbocycles. The van der Waals surface area contributed by atoms with Crippen molar-refractivity contribution in [3.63, 3.8) is 0 Å². The zero-order valence-electron chi connectivity index (χ0n) is 12.3. The molecule has 0 atom stereocenters. The van der Waals surface area contributed by atoms with E-state index in [0.29, 0.717) is 11.8 Å². The van der Waals surface area contributed by atoms with Crippen LogP contribution in [0.1, 0.15) is 45.7 Å². The molecule has 0 aliphatic rings. The largest absolute Gasteiger partial charge is 0.0857 e. The van der Waals surface area contributed by atoms with E-state index in [4.69, 9.17) is 0 Å². The van der Waals surface area contributed by atoms with Crippen LogP contribution in [0.15, 0.2) is 36.4 Å². The predicted molar refractivity (Wildman–Crippen MR) is 79.4 cm³/mol. The molecule has 0 saturated heterocycles. The predicted octanol–water partition coefficient (Wildman–Crippen LogP) is 5.41. The zero-order chi connectivity index (χ0) is 13.3. The van der Waals surface area contributed by atoms with E-state index in [1.54, 1.807) is 0 Å². The summed E-state index contributed by atoms with van der Waals surface area (Å²) in [6.07, 6.45) is 5.62. The minimum atomic E-state index is 0.706. The first-order valence-electron chi connectivity index (χ1n) is 6.69. The number of aryl methyl sites for hydroxylation is 2. The molecule has 0 N–H and O–H groups in total. The molecule has 0 heterocycles. The summed E-state index contributed by atoms with van der Waals surface area (Å²) in [7, 11) is 0. The van der Waals surface area contributed by atoms with Gasteiger partial charge in [-0.1, -0.05) is 76.6 Å². The highest BCUT2D eigenvalue weighted by Gasteiger charge is 1.85. The number of hydrogen-bond acceptors (Lipinski definition) is 0. The van der Waals surface area contributed by atoms with Gasteiger partial charge in [-0.25, -0.2) is 0 Å². The Hall–Kier alpha value is -1.04. The van der Waals surface area contributed by atoms with Gasteiger partial charge in [0.25, 0.3) is 0 Å². The van der Waals surface area contributed by atoms with Crippen LogP contribution in [-0.2, 0) is 6.42 Å². The molecular weight excluding hydrogens is 204 g/mol. The van der Waals surface area contributed by atoms with E-state index in [1.807, 2.05) is 0 Å². The molecule has 0 nitrogen and oxygen atoms in total. The minimum Gasteiger partial charge on any atom is -0.0857 e. The number of rotatable bonds is 3. The highest BCUT2D eigenvalue weighted by atomic mass is 13.9. The summed E-state index contributed by atoms with van der Waals surface area (Å²) in [6, 6.07) is 8.66. The highest BCUT2D eigenvalue weighted by Crippen LogP contribution is 2.02. The fourth-order valence-electron chi connectivity index (χ4n) is 1.27. The van der Waals surface area contributed by atoms with Gasteiger partial charge in [-0.15, -0.1) is 0 Å². The molecule has 0 aliphatic heterocycles. The van der Waals surface area contributed by atoms with Crippen LogP contribution in [0, 0.1) is 18.8 Å². The fourth-order valence-corrected chi connectivity index (χ4v) is 1.27. The average Bonchev–Trinajstić information content (AvgIpc) is 2.28. The van der Waals surface area contributed by atoms with Crippen molar-refractivity contribution in [2.24, 2.45) is 11.8 Å². The third-order valence-corrected chi connectivity index (χ3v) is 2.41. The lowest BCUT2D eigenvalue weighted by molar-refractivity contribution is 0.780. The third kappa shape index (κ3) is 9.86. The van der Waals surface area contributed by atoms with Gasteiger partial charge < -0.3 is 0 Å². The molecule has 0 bridgehead atoms. The average molecular weight is 232 g/mol. The second-order valence-electron chi connectivity index (χ2n) is 5.21. The normalized spacial score (nSPS) is 10.8. The van der Waals surface area contributed by atoms with Crippen LogP contribution >= 0.6 is 0 Å². The minimum absolute atomic E-state index is 0.706. The Morgan fingerprint density at radius 3 is 1.59 bits per heavy atom. The molecule has 0 saturated carbocycles. The summed E-state index contributed by atoms with van der Waals surface area (Å²) >= 11 is 0. The molecule has 1 rings (SSSR count). The Labute approximate surface area is 108 Å². The molecular formula is C17H28. The van der Waals surface area contributed by atoms with Crippen LogP contribution in [0.2, 0.25) is 0 Å². The first-order chi connectivity index (χ1) is 7.95. The first kappa shape index (κ1) is 16.0. The summed E-state index contributed by atoms with van der Waals surface area (Å²) in [5.41, 5.74) is 2.76. The van der Waals surface area contributed by atoms with Crippen molar-refractivity contribution in [3.05, 3.63) is 47.5 Å². The van der Waals surface area contributed by atoms with Gasteiger partial charge in [-0.2, -0.15) is 0 Å². The van der Waals surface area contributed by atoms with Crippen molar-refractivity contribution in [1.29, 1.82) is 0 Å². The zero-order valence-corrected chi connectivity index (χ0v) is 12.3. The Morgan fingerprint density at radius 2 is 1.29 bits per heavy atom. The molecule has 96 valence electrons. The molecule has 0 heteroatoms. The van der Waals surface area contributed by atoms with Gasteiger partial charge in [-0.05, 0) is 30.7 Å². The molecule has 0 spiro atoms. The van der Waals surface area contributed by atoms with E-state index in [0.717, 1.165) is 6.42 Å². The van der Waals surface area contributed by atoms with Gasteiger partial charge >= 0.3 is 0 Å². The maximum Gasteiger partial charge on any atom is -0.0290 e. The molecule has 0 unspecified atom stereocenters. The fraction of sp³-hybridized carbons (Fsp3) is 0.529. The first-order valence-corrected chi connectivity index (χ1v) is 6.69. The summed E-state index contributed by atoms with van der Waals surface area (Å²) in [6.45, 7) is 13.1. The smallest absolute Gasteiger partial charge is 0.0290 e. The Morgan fingerprint density at radius 1 is 0.882 bits per heavy atom. The summed E-state index contributed by atoms with van der Waals surface area (Å²) in [5, 5.41) is 0. The lowest BCUT2D eigenvalue weighted by Gasteiger charge is -1.95. The standard InChI is InChI=1S/C9H12.C8H16/c1-3-9-6-4-8(2)5-7-9;1-7(2)5-6-8(3)4/h4-7H,3H2,1-2H3;5-8H,1-4H3. The number of allylic oxidation sites excluding steroid dienone is 2. The topological polar surface area (TPSA) is 0 Å². The van der Waals surface area contributed by atoms with E-state index >= 15 is 0 Å². The van der Waals surface area contributed by atoms with Crippen molar-refractivity contribution in [2.45, 2.75) is 48.0 Å². The lowest BCUT2D eigenvalue weighted by atomic mass is 10.1. The summed E-state index contributed by atoms with van der Waals surface area (Å²) < 4.78 is 0. The molecule has 1 aromatic rings. The van der Waals surface area contributed by atoms with Gasteiger partial charge in [-0.3, -0.25) is 0 Å². The maximum atomic E-state index is 2.24. The van der Waals surface area contributed by atoms with Crippen LogP contribution in [-0.4, -0.2) is 0 Å². The van der Waals surface area contributed by atoms with Crippen molar-refractivity contribution in [3.8, 4) is 0 Å². The van der Waals surface area contributed by atoms with Crippen LogP contribution in [0.3, 0.4) is 0 Å². The van der Waals surface area contributed by atoms with Crippen LogP contribution in [0.5, 0.6) is 0 Å². The van der Waals surface area contributed by atoms with E-state index in [9.17, 15) is 0 Å². The van der Waals surface area contributed by atoms with Crippen molar-refractivity contribution < 1.29 is 0 Å². The molecule has 0 radical (unpaired) electrons. The van der Waals surface area contributed by atoms with Gasteiger partial charge in [0, 0.05) is 0 Å². The number of hydrogen-bond donors (Lipinski definition) is 0. The molecule has 1 aromatic carbocycles. The van der Waals surface area contributed by atoms with Gasteiger partial charge in [0.2, 0.25) is 0 Å².